The average Bonchev–Trinajstić information content (AvgIpc) is 3.34. The molecular weight excluding hydrogens is 304 g/mol. The highest BCUT2D eigenvalue weighted by Gasteiger charge is 2.39. The number of benzene rings is 1. The van der Waals surface area contributed by atoms with Crippen molar-refractivity contribution in [2.45, 2.75) is 57.7 Å². The number of nitrogens with one attached hydrogen (secondary N) is 1. The van der Waals surface area contributed by atoms with E-state index in [0.717, 1.165) is 18.4 Å². The number of aryl methyl sites for hydroxylation is 1. The third-order valence-electron chi connectivity index (χ3n) is 5.06. The van der Waals surface area contributed by atoms with Crippen molar-refractivity contribution in [3.05, 3.63) is 35.4 Å². The summed E-state index contributed by atoms with van der Waals surface area (Å²) in [6.07, 6.45) is 3.82. The lowest BCUT2D eigenvalue weighted by Gasteiger charge is -2.26. The molecule has 1 aliphatic heterocycles. The van der Waals surface area contributed by atoms with Gasteiger partial charge in [0.25, 0.3) is 0 Å². The van der Waals surface area contributed by atoms with Gasteiger partial charge in [0.15, 0.2) is 0 Å². The van der Waals surface area contributed by atoms with E-state index in [1.54, 1.807) is 4.90 Å². The number of aliphatic hydroxyl groups is 1. The maximum Gasteiger partial charge on any atom is 0.243 e. The Morgan fingerprint density at radius 3 is 2.62 bits per heavy atom. The van der Waals surface area contributed by atoms with E-state index in [4.69, 9.17) is 0 Å². The summed E-state index contributed by atoms with van der Waals surface area (Å²) in [5.74, 6) is 0.461. The highest BCUT2D eigenvalue weighted by molar-refractivity contribution is 5.91. The van der Waals surface area contributed by atoms with Gasteiger partial charge in [0, 0.05) is 25.6 Å². The fourth-order valence-electron chi connectivity index (χ4n) is 3.44. The Morgan fingerprint density at radius 2 is 2.00 bits per heavy atom. The summed E-state index contributed by atoms with van der Waals surface area (Å²) in [7, 11) is 0. The summed E-state index contributed by atoms with van der Waals surface area (Å²) >= 11 is 0. The highest BCUT2D eigenvalue weighted by Crippen LogP contribution is 2.34. The average molecular weight is 330 g/mol. The Hall–Kier alpha value is -1.88. The second-order valence-corrected chi connectivity index (χ2v) is 7.03. The molecule has 5 nitrogen and oxygen atoms in total. The van der Waals surface area contributed by atoms with Gasteiger partial charge in [-0.3, -0.25) is 9.59 Å². The molecule has 1 saturated heterocycles. The molecule has 0 spiro atoms. The maximum absolute atomic E-state index is 12.7. The zero-order valence-electron chi connectivity index (χ0n) is 14.2. The van der Waals surface area contributed by atoms with Crippen molar-refractivity contribution in [1.82, 2.24) is 10.2 Å². The van der Waals surface area contributed by atoms with E-state index in [0.29, 0.717) is 31.7 Å². The second kappa shape index (κ2) is 7.34. The van der Waals surface area contributed by atoms with Gasteiger partial charge in [-0.25, -0.2) is 0 Å². The summed E-state index contributed by atoms with van der Waals surface area (Å²) < 4.78 is 0. The molecule has 130 valence electrons. The minimum absolute atomic E-state index is 0.0411. The summed E-state index contributed by atoms with van der Waals surface area (Å²) in [5.41, 5.74) is 2.22. The number of hydrogen-bond donors (Lipinski definition) is 2. The second-order valence-electron chi connectivity index (χ2n) is 7.03. The molecule has 2 aliphatic rings. The van der Waals surface area contributed by atoms with E-state index in [1.165, 1.54) is 5.56 Å². The predicted molar refractivity (Wildman–Crippen MR) is 91.1 cm³/mol. The number of nitrogens with zero attached hydrogens (tertiary/aromatic N) is 1. The molecule has 5 heteroatoms. The lowest BCUT2D eigenvalue weighted by atomic mass is 10.1. The molecule has 1 aliphatic carbocycles. The SMILES string of the molecule is Cc1ccc(CN2C(=O)CCC2C(=O)NC(CCO)C2CC2)cc1. The van der Waals surface area contributed by atoms with Crippen LogP contribution in [0.2, 0.25) is 0 Å². The van der Waals surface area contributed by atoms with Gasteiger partial charge in [-0.1, -0.05) is 29.8 Å². The predicted octanol–water partition coefficient (Wildman–Crippen LogP) is 1.76. The Bertz CT molecular complexity index is 595. The van der Waals surface area contributed by atoms with E-state index in [1.807, 2.05) is 31.2 Å². The topological polar surface area (TPSA) is 69.6 Å². The fourth-order valence-corrected chi connectivity index (χ4v) is 3.44. The summed E-state index contributed by atoms with van der Waals surface area (Å²) in [6.45, 7) is 2.59. The van der Waals surface area contributed by atoms with Crippen molar-refractivity contribution in [2.24, 2.45) is 5.92 Å². The number of carbonyl (C=O) groups excluding carboxylic acids is 2. The van der Waals surface area contributed by atoms with Gasteiger partial charge in [0.2, 0.25) is 11.8 Å². The van der Waals surface area contributed by atoms with Crippen molar-refractivity contribution in [2.75, 3.05) is 6.61 Å². The minimum Gasteiger partial charge on any atom is -0.396 e. The van der Waals surface area contributed by atoms with Crippen LogP contribution in [0.5, 0.6) is 0 Å². The van der Waals surface area contributed by atoms with Crippen molar-refractivity contribution in [1.29, 1.82) is 0 Å². The van der Waals surface area contributed by atoms with Gasteiger partial charge in [0.1, 0.15) is 6.04 Å². The van der Waals surface area contributed by atoms with Gasteiger partial charge in [0.05, 0.1) is 0 Å². The summed E-state index contributed by atoms with van der Waals surface area (Å²) in [4.78, 5) is 26.6. The van der Waals surface area contributed by atoms with Crippen LogP contribution in [0.15, 0.2) is 24.3 Å². The first-order chi connectivity index (χ1) is 11.6. The van der Waals surface area contributed by atoms with Crippen molar-refractivity contribution >= 4 is 11.8 Å². The number of carbonyl (C=O) groups is 2. The van der Waals surface area contributed by atoms with Gasteiger partial charge in [-0.2, -0.15) is 0 Å². The van der Waals surface area contributed by atoms with Crippen molar-refractivity contribution < 1.29 is 14.7 Å². The zero-order valence-corrected chi connectivity index (χ0v) is 14.2. The number of amides is 2. The van der Waals surface area contributed by atoms with Crippen LogP contribution in [-0.4, -0.2) is 40.5 Å². The van der Waals surface area contributed by atoms with Crippen LogP contribution in [0.3, 0.4) is 0 Å². The number of hydrogen-bond acceptors (Lipinski definition) is 3. The van der Waals surface area contributed by atoms with Gasteiger partial charge in [-0.15, -0.1) is 0 Å². The molecule has 1 heterocycles. The Morgan fingerprint density at radius 1 is 1.29 bits per heavy atom. The molecular formula is C19H26N2O3. The van der Waals surface area contributed by atoms with Crippen LogP contribution in [0.25, 0.3) is 0 Å². The first-order valence-electron chi connectivity index (χ1n) is 8.84. The largest absolute Gasteiger partial charge is 0.396 e. The van der Waals surface area contributed by atoms with Gasteiger partial charge in [-0.05, 0) is 44.1 Å². The smallest absolute Gasteiger partial charge is 0.243 e. The fraction of sp³-hybridized carbons (Fsp3) is 0.579. The Labute approximate surface area is 143 Å². The van der Waals surface area contributed by atoms with Crippen LogP contribution in [-0.2, 0) is 16.1 Å². The normalized spacial score (nSPS) is 21.8. The molecule has 2 atom stereocenters. The van der Waals surface area contributed by atoms with Crippen molar-refractivity contribution in [3.8, 4) is 0 Å². The molecule has 0 aromatic heterocycles. The monoisotopic (exact) mass is 330 g/mol. The zero-order chi connectivity index (χ0) is 17.1. The molecule has 0 bridgehead atoms. The molecule has 2 amide bonds. The minimum atomic E-state index is -0.390. The van der Waals surface area contributed by atoms with Crippen LogP contribution in [0, 0.1) is 12.8 Å². The summed E-state index contributed by atoms with van der Waals surface area (Å²) in [6, 6.07) is 7.71. The van der Waals surface area contributed by atoms with Crippen molar-refractivity contribution in [3.63, 3.8) is 0 Å². The van der Waals surface area contributed by atoms with Crippen LogP contribution < -0.4 is 5.32 Å². The number of aliphatic hydroxyl groups excluding tert-OH is 1. The first kappa shape index (κ1) is 17.0. The van der Waals surface area contributed by atoms with Gasteiger partial charge >= 0.3 is 0 Å². The van der Waals surface area contributed by atoms with E-state index < -0.39 is 6.04 Å². The third kappa shape index (κ3) is 3.96. The van der Waals surface area contributed by atoms with E-state index >= 15 is 0 Å². The Balaban J connectivity index is 1.65. The molecule has 0 radical (unpaired) electrons. The molecule has 1 saturated carbocycles. The van der Waals surface area contributed by atoms with Crippen LogP contribution in [0.1, 0.15) is 43.2 Å². The molecule has 24 heavy (non-hydrogen) atoms. The lowest BCUT2D eigenvalue weighted by Crippen LogP contribution is -2.48. The molecule has 3 rings (SSSR count). The van der Waals surface area contributed by atoms with E-state index in [-0.39, 0.29) is 24.5 Å². The maximum atomic E-state index is 12.7. The van der Waals surface area contributed by atoms with Gasteiger partial charge < -0.3 is 15.3 Å². The molecule has 2 N–H and O–H groups in total. The summed E-state index contributed by atoms with van der Waals surface area (Å²) in [5, 5.41) is 12.3. The molecule has 2 unspecified atom stereocenters. The Kier molecular flexibility index (Phi) is 5.19. The highest BCUT2D eigenvalue weighted by atomic mass is 16.3. The third-order valence-corrected chi connectivity index (χ3v) is 5.06. The van der Waals surface area contributed by atoms with E-state index in [9.17, 15) is 14.7 Å². The molecule has 1 aromatic rings. The van der Waals surface area contributed by atoms with Crippen LogP contribution >= 0.6 is 0 Å². The first-order valence-corrected chi connectivity index (χ1v) is 8.84. The molecule has 2 fully saturated rings. The standard InChI is InChI=1S/C19H26N2O3/c1-13-2-4-14(5-3-13)12-21-17(8-9-18(21)23)19(24)20-16(10-11-22)15-6-7-15/h2-5,15-17,22H,6-12H2,1H3,(H,20,24). The lowest BCUT2D eigenvalue weighted by molar-refractivity contribution is -0.136. The number of rotatable bonds is 7. The van der Waals surface area contributed by atoms with E-state index in [2.05, 4.69) is 5.32 Å². The molecule has 1 aromatic carbocycles. The quantitative estimate of drug-likeness (QED) is 0.800. The van der Waals surface area contributed by atoms with Crippen LogP contribution in [0.4, 0.5) is 0 Å². The number of likely N-dealkylation sites (tertiary alicyclic amines) is 1.